The van der Waals surface area contributed by atoms with Crippen molar-refractivity contribution < 1.29 is 9.13 Å². The second kappa shape index (κ2) is 6.37. The third kappa shape index (κ3) is 3.30. The van der Waals surface area contributed by atoms with Gasteiger partial charge in [-0.3, -0.25) is 0 Å². The molecule has 0 radical (unpaired) electrons. The van der Waals surface area contributed by atoms with Crippen molar-refractivity contribution in [1.82, 2.24) is 4.98 Å². The zero-order valence-corrected chi connectivity index (χ0v) is 12.3. The maximum atomic E-state index is 12.9. The zero-order chi connectivity index (χ0) is 15.4. The summed E-state index contributed by atoms with van der Waals surface area (Å²) < 4.78 is 18.6. The Morgan fingerprint density at radius 1 is 1.18 bits per heavy atom. The second-order valence-electron chi connectivity index (χ2n) is 4.58. The van der Waals surface area contributed by atoms with E-state index >= 15 is 0 Å². The molecule has 3 nitrogen and oxygen atoms in total. The van der Waals surface area contributed by atoms with Crippen molar-refractivity contribution in [2.75, 3.05) is 0 Å². The summed E-state index contributed by atoms with van der Waals surface area (Å²) in [5.41, 5.74) is 2.23. The lowest BCUT2D eigenvalue weighted by Gasteiger charge is -2.03. The molecule has 1 heterocycles. The van der Waals surface area contributed by atoms with E-state index in [1.807, 2.05) is 5.38 Å². The molecule has 0 unspecified atom stereocenters. The average Bonchev–Trinajstić information content (AvgIpc) is 3.03. The summed E-state index contributed by atoms with van der Waals surface area (Å²) in [6.45, 7) is 0.326. The average molecular weight is 310 g/mol. The quantitative estimate of drug-likeness (QED) is 0.717. The number of nitriles is 1. The number of hydrogen-bond donors (Lipinski definition) is 0. The number of benzene rings is 2. The highest BCUT2D eigenvalue weighted by Crippen LogP contribution is 2.24. The lowest BCUT2D eigenvalue weighted by Crippen LogP contribution is -1.96. The molecule has 5 heteroatoms. The van der Waals surface area contributed by atoms with Crippen LogP contribution in [0.4, 0.5) is 4.39 Å². The van der Waals surface area contributed by atoms with Gasteiger partial charge in [-0.25, -0.2) is 9.37 Å². The highest BCUT2D eigenvalue weighted by Gasteiger charge is 2.06. The first-order chi connectivity index (χ1) is 10.7. The van der Waals surface area contributed by atoms with Crippen LogP contribution in [0.3, 0.4) is 0 Å². The Kier molecular flexibility index (Phi) is 4.12. The van der Waals surface area contributed by atoms with Crippen molar-refractivity contribution >= 4 is 11.3 Å². The standard InChI is InChI=1S/C17H11FN2OS/c18-14-6-4-13(5-7-14)17-20-15(11-22-17)10-21-16-3-1-2-12(8-16)9-19/h1-8,11H,10H2. The number of hydrogen-bond acceptors (Lipinski definition) is 4. The van der Waals surface area contributed by atoms with Crippen molar-refractivity contribution in [3.8, 4) is 22.4 Å². The smallest absolute Gasteiger partial charge is 0.131 e. The molecule has 2 aromatic carbocycles. The Hall–Kier alpha value is -2.71. The molecule has 0 fully saturated rings. The molecule has 0 amide bonds. The van der Waals surface area contributed by atoms with Gasteiger partial charge in [-0.2, -0.15) is 5.26 Å². The van der Waals surface area contributed by atoms with E-state index in [1.54, 1.807) is 36.4 Å². The molecule has 0 saturated heterocycles. The van der Waals surface area contributed by atoms with E-state index in [4.69, 9.17) is 10.00 Å². The molecule has 0 aliphatic carbocycles. The van der Waals surface area contributed by atoms with Gasteiger partial charge in [0.2, 0.25) is 0 Å². The molecule has 0 N–H and O–H groups in total. The van der Waals surface area contributed by atoms with Gasteiger partial charge >= 0.3 is 0 Å². The van der Waals surface area contributed by atoms with E-state index in [-0.39, 0.29) is 5.82 Å². The van der Waals surface area contributed by atoms with Crippen LogP contribution in [0.15, 0.2) is 53.9 Å². The van der Waals surface area contributed by atoms with E-state index < -0.39 is 0 Å². The molecule has 0 bridgehead atoms. The summed E-state index contributed by atoms with van der Waals surface area (Å²) >= 11 is 1.49. The van der Waals surface area contributed by atoms with Gasteiger partial charge in [0, 0.05) is 10.9 Å². The van der Waals surface area contributed by atoms with E-state index in [2.05, 4.69) is 11.1 Å². The zero-order valence-electron chi connectivity index (χ0n) is 11.5. The molecule has 0 saturated carbocycles. The van der Waals surface area contributed by atoms with Crippen LogP contribution in [-0.4, -0.2) is 4.98 Å². The summed E-state index contributed by atoms with van der Waals surface area (Å²) in [5, 5.41) is 11.6. The molecular formula is C17H11FN2OS. The Morgan fingerprint density at radius 2 is 2.00 bits per heavy atom. The van der Waals surface area contributed by atoms with Crippen LogP contribution in [0.25, 0.3) is 10.6 Å². The number of halogens is 1. The Morgan fingerprint density at radius 3 is 2.77 bits per heavy atom. The van der Waals surface area contributed by atoms with Crippen LogP contribution < -0.4 is 4.74 Å². The molecule has 108 valence electrons. The van der Waals surface area contributed by atoms with Crippen LogP contribution >= 0.6 is 11.3 Å². The Labute approximate surface area is 131 Å². The molecule has 3 rings (SSSR count). The summed E-state index contributed by atoms with van der Waals surface area (Å²) in [4.78, 5) is 4.47. The van der Waals surface area contributed by atoms with Gasteiger partial charge in [-0.05, 0) is 42.5 Å². The van der Waals surface area contributed by atoms with Crippen LogP contribution in [0.5, 0.6) is 5.75 Å². The Bertz CT molecular complexity index is 821. The molecule has 0 aliphatic rings. The number of thiazole rings is 1. The fourth-order valence-corrected chi connectivity index (χ4v) is 2.72. The van der Waals surface area contributed by atoms with Gasteiger partial charge in [0.05, 0.1) is 17.3 Å². The molecule has 3 aromatic rings. The third-order valence-electron chi connectivity index (χ3n) is 2.99. The number of aromatic nitrogens is 1. The van der Waals surface area contributed by atoms with E-state index in [0.717, 1.165) is 16.3 Å². The van der Waals surface area contributed by atoms with Gasteiger partial charge in [0.1, 0.15) is 23.2 Å². The maximum absolute atomic E-state index is 12.9. The summed E-state index contributed by atoms with van der Waals surface area (Å²) in [5.74, 6) is 0.372. The van der Waals surface area contributed by atoms with Gasteiger partial charge in [0.25, 0.3) is 0 Å². The van der Waals surface area contributed by atoms with Gasteiger partial charge < -0.3 is 4.74 Å². The molecule has 0 spiro atoms. The summed E-state index contributed by atoms with van der Waals surface area (Å²) in [7, 11) is 0. The predicted molar refractivity (Wildman–Crippen MR) is 83.0 cm³/mol. The van der Waals surface area contributed by atoms with Crippen molar-refractivity contribution in [2.45, 2.75) is 6.61 Å². The molecule has 1 aromatic heterocycles. The first-order valence-corrected chi connectivity index (χ1v) is 7.46. The number of nitrogens with zero attached hydrogens (tertiary/aromatic N) is 2. The lowest BCUT2D eigenvalue weighted by atomic mass is 10.2. The molecule has 22 heavy (non-hydrogen) atoms. The SMILES string of the molecule is N#Cc1cccc(OCc2csc(-c3ccc(F)cc3)n2)c1. The van der Waals surface area contributed by atoms with Crippen molar-refractivity contribution in [3.05, 3.63) is 71.0 Å². The first-order valence-electron chi connectivity index (χ1n) is 6.58. The van der Waals surface area contributed by atoms with Gasteiger partial charge in [-0.1, -0.05) is 6.07 Å². The summed E-state index contributed by atoms with van der Waals surface area (Å²) in [6, 6.07) is 15.3. The maximum Gasteiger partial charge on any atom is 0.131 e. The Balaban J connectivity index is 1.69. The largest absolute Gasteiger partial charge is 0.487 e. The minimum absolute atomic E-state index is 0.263. The lowest BCUT2D eigenvalue weighted by molar-refractivity contribution is 0.302. The fraction of sp³-hybridized carbons (Fsp3) is 0.0588. The monoisotopic (exact) mass is 310 g/mol. The van der Waals surface area contributed by atoms with E-state index in [1.165, 1.54) is 23.5 Å². The van der Waals surface area contributed by atoms with Crippen molar-refractivity contribution in [2.24, 2.45) is 0 Å². The minimum Gasteiger partial charge on any atom is -0.487 e. The molecule has 0 atom stereocenters. The van der Waals surface area contributed by atoms with Crippen LogP contribution in [0.1, 0.15) is 11.3 Å². The fourth-order valence-electron chi connectivity index (χ4n) is 1.91. The molecule has 0 aliphatic heterocycles. The third-order valence-corrected chi connectivity index (χ3v) is 3.93. The molecular weight excluding hydrogens is 299 g/mol. The normalized spacial score (nSPS) is 10.2. The highest BCUT2D eigenvalue weighted by atomic mass is 32.1. The predicted octanol–water partition coefficient (Wildman–Crippen LogP) is 4.40. The minimum atomic E-state index is -0.263. The topological polar surface area (TPSA) is 45.9 Å². The summed E-state index contributed by atoms with van der Waals surface area (Å²) in [6.07, 6.45) is 0. The number of ether oxygens (including phenoxy) is 1. The first kappa shape index (κ1) is 14.2. The van der Waals surface area contributed by atoms with Crippen molar-refractivity contribution in [1.29, 1.82) is 5.26 Å². The van der Waals surface area contributed by atoms with E-state index in [0.29, 0.717) is 17.9 Å². The van der Waals surface area contributed by atoms with Crippen LogP contribution in [0, 0.1) is 17.1 Å². The van der Waals surface area contributed by atoms with Gasteiger partial charge in [-0.15, -0.1) is 11.3 Å². The number of rotatable bonds is 4. The van der Waals surface area contributed by atoms with Gasteiger partial charge in [0.15, 0.2) is 0 Å². The highest BCUT2D eigenvalue weighted by molar-refractivity contribution is 7.13. The second-order valence-corrected chi connectivity index (χ2v) is 5.44. The van der Waals surface area contributed by atoms with Crippen molar-refractivity contribution in [3.63, 3.8) is 0 Å². The van der Waals surface area contributed by atoms with Crippen LogP contribution in [0.2, 0.25) is 0 Å². The van der Waals surface area contributed by atoms with Crippen LogP contribution in [-0.2, 0) is 6.61 Å². The van der Waals surface area contributed by atoms with E-state index in [9.17, 15) is 4.39 Å².